The summed E-state index contributed by atoms with van der Waals surface area (Å²) >= 11 is 0. The molecule has 110 valence electrons. The number of ketones is 1. The van der Waals surface area contributed by atoms with E-state index < -0.39 is 0 Å². The monoisotopic (exact) mass is 272 g/mol. The maximum atomic E-state index is 13.0. The van der Waals surface area contributed by atoms with Gasteiger partial charge in [0.25, 0.3) is 0 Å². The topological polar surface area (TPSA) is 17.1 Å². The number of allylic oxidation sites excluding steroid dienone is 2. The smallest absolute Gasteiger partial charge is 0.137 e. The molecular weight excluding hydrogens is 244 g/mol. The zero-order chi connectivity index (χ0) is 14.0. The standard InChI is InChI=1S/C19H28O/c1-18-10-5-7-15(18)14-9-8-13-6-3-4-11-19(13,2)17(14)16(20)12-18/h3-4,13-15,17H,5-12H2,1-2H3. The first-order valence-corrected chi connectivity index (χ1v) is 8.72. The van der Waals surface area contributed by atoms with Crippen LogP contribution in [0.15, 0.2) is 12.2 Å². The molecule has 4 aliphatic carbocycles. The summed E-state index contributed by atoms with van der Waals surface area (Å²) in [7, 11) is 0. The highest BCUT2D eigenvalue weighted by Crippen LogP contribution is 2.64. The molecule has 0 spiro atoms. The van der Waals surface area contributed by atoms with Crippen LogP contribution in [-0.4, -0.2) is 5.78 Å². The number of hydrogen-bond acceptors (Lipinski definition) is 1. The van der Waals surface area contributed by atoms with Crippen molar-refractivity contribution in [2.24, 2.45) is 34.5 Å². The van der Waals surface area contributed by atoms with Gasteiger partial charge in [-0.1, -0.05) is 32.4 Å². The van der Waals surface area contributed by atoms with Crippen molar-refractivity contribution in [2.75, 3.05) is 0 Å². The van der Waals surface area contributed by atoms with Gasteiger partial charge in [-0.25, -0.2) is 0 Å². The molecule has 1 nitrogen and oxygen atoms in total. The molecule has 0 amide bonds. The van der Waals surface area contributed by atoms with Gasteiger partial charge in [0.05, 0.1) is 0 Å². The van der Waals surface area contributed by atoms with Crippen LogP contribution in [0.4, 0.5) is 0 Å². The van der Waals surface area contributed by atoms with Crippen LogP contribution in [-0.2, 0) is 4.79 Å². The van der Waals surface area contributed by atoms with Gasteiger partial charge < -0.3 is 0 Å². The second kappa shape index (κ2) is 4.21. The molecule has 0 N–H and O–H groups in total. The maximum Gasteiger partial charge on any atom is 0.137 e. The summed E-state index contributed by atoms with van der Waals surface area (Å²) in [5.74, 6) is 3.31. The Hall–Kier alpha value is -0.590. The molecular formula is C19H28O. The molecule has 0 aromatic carbocycles. The van der Waals surface area contributed by atoms with E-state index in [2.05, 4.69) is 26.0 Å². The molecule has 3 fully saturated rings. The Morgan fingerprint density at radius 3 is 2.85 bits per heavy atom. The first-order valence-electron chi connectivity index (χ1n) is 8.72. The van der Waals surface area contributed by atoms with E-state index in [0.29, 0.717) is 23.0 Å². The molecule has 4 aliphatic rings. The van der Waals surface area contributed by atoms with Crippen LogP contribution in [0, 0.1) is 34.5 Å². The van der Waals surface area contributed by atoms with E-state index in [1.807, 2.05) is 0 Å². The lowest BCUT2D eigenvalue weighted by Crippen LogP contribution is -2.55. The Kier molecular flexibility index (Phi) is 2.76. The fourth-order valence-corrected chi connectivity index (χ4v) is 6.67. The van der Waals surface area contributed by atoms with Crippen molar-refractivity contribution in [3.8, 4) is 0 Å². The Balaban J connectivity index is 1.73. The lowest BCUT2D eigenvalue weighted by molar-refractivity contribution is -0.151. The van der Waals surface area contributed by atoms with Gasteiger partial charge in [0, 0.05) is 12.3 Å². The second-order valence-corrected chi connectivity index (χ2v) is 8.63. The Bertz CT molecular complexity index is 464. The molecule has 0 radical (unpaired) electrons. The largest absolute Gasteiger partial charge is 0.299 e. The lowest BCUT2D eigenvalue weighted by atomic mass is 9.46. The van der Waals surface area contributed by atoms with Crippen molar-refractivity contribution in [3.63, 3.8) is 0 Å². The van der Waals surface area contributed by atoms with E-state index in [1.54, 1.807) is 0 Å². The first-order chi connectivity index (χ1) is 9.55. The minimum absolute atomic E-state index is 0.276. The minimum atomic E-state index is 0.276. The zero-order valence-electron chi connectivity index (χ0n) is 13.0. The number of rotatable bonds is 0. The highest BCUT2D eigenvalue weighted by molar-refractivity contribution is 5.84. The van der Waals surface area contributed by atoms with Gasteiger partial charge in [0.2, 0.25) is 0 Å². The summed E-state index contributed by atoms with van der Waals surface area (Å²) in [6, 6.07) is 0. The van der Waals surface area contributed by atoms with Crippen LogP contribution in [0.25, 0.3) is 0 Å². The van der Waals surface area contributed by atoms with E-state index in [9.17, 15) is 4.79 Å². The van der Waals surface area contributed by atoms with Crippen molar-refractivity contribution in [1.29, 1.82) is 0 Å². The average Bonchev–Trinajstić information content (AvgIpc) is 2.78. The predicted molar refractivity (Wildman–Crippen MR) is 81.3 cm³/mol. The SMILES string of the molecule is CC12CCCC1C1CCC3CC=CCC3(C)C1C(=O)C2. The molecule has 20 heavy (non-hydrogen) atoms. The third kappa shape index (κ3) is 1.58. The van der Waals surface area contributed by atoms with Gasteiger partial charge in [-0.15, -0.1) is 0 Å². The summed E-state index contributed by atoms with van der Waals surface area (Å²) in [6.07, 6.45) is 14.7. The molecule has 0 aromatic rings. The minimum Gasteiger partial charge on any atom is -0.299 e. The fourth-order valence-electron chi connectivity index (χ4n) is 6.67. The summed E-state index contributed by atoms with van der Waals surface area (Å²) in [6.45, 7) is 4.85. The fraction of sp³-hybridized carbons (Fsp3) is 0.842. The Morgan fingerprint density at radius 1 is 1.15 bits per heavy atom. The van der Waals surface area contributed by atoms with Crippen molar-refractivity contribution in [2.45, 2.75) is 65.2 Å². The van der Waals surface area contributed by atoms with Crippen molar-refractivity contribution < 1.29 is 4.79 Å². The van der Waals surface area contributed by atoms with Gasteiger partial charge >= 0.3 is 0 Å². The van der Waals surface area contributed by atoms with Crippen molar-refractivity contribution in [1.82, 2.24) is 0 Å². The highest BCUT2D eigenvalue weighted by Gasteiger charge is 2.60. The van der Waals surface area contributed by atoms with E-state index >= 15 is 0 Å². The Morgan fingerprint density at radius 2 is 2.00 bits per heavy atom. The molecule has 6 unspecified atom stereocenters. The number of Topliss-reactive ketones (excluding diaryl/α,β-unsaturated/α-hetero) is 1. The van der Waals surface area contributed by atoms with Crippen molar-refractivity contribution in [3.05, 3.63) is 12.2 Å². The van der Waals surface area contributed by atoms with Crippen molar-refractivity contribution >= 4 is 5.78 Å². The van der Waals surface area contributed by atoms with E-state index in [-0.39, 0.29) is 5.41 Å². The van der Waals surface area contributed by atoms with E-state index in [0.717, 1.165) is 24.7 Å². The van der Waals surface area contributed by atoms with Crippen LogP contribution in [0.1, 0.15) is 65.2 Å². The van der Waals surface area contributed by atoms with Gasteiger partial charge in [-0.3, -0.25) is 4.79 Å². The van der Waals surface area contributed by atoms with Gasteiger partial charge in [0.15, 0.2) is 0 Å². The predicted octanol–water partition coefficient (Wildman–Crippen LogP) is 4.76. The normalized spacial score (nSPS) is 54.2. The molecule has 6 atom stereocenters. The highest BCUT2D eigenvalue weighted by atomic mass is 16.1. The summed E-state index contributed by atoms with van der Waals surface area (Å²) in [5.41, 5.74) is 0.630. The number of fused-ring (bicyclic) bond motifs is 5. The number of carbonyl (C=O) groups is 1. The molecule has 0 saturated heterocycles. The molecule has 0 aromatic heterocycles. The summed E-state index contributed by atoms with van der Waals surface area (Å²) in [4.78, 5) is 13.0. The first kappa shape index (κ1) is 13.1. The third-order valence-corrected chi connectivity index (χ3v) is 7.66. The summed E-state index contributed by atoms with van der Waals surface area (Å²) < 4.78 is 0. The van der Waals surface area contributed by atoms with Gasteiger partial charge in [-0.05, 0) is 67.1 Å². The molecule has 4 rings (SSSR count). The van der Waals surface area contributed by atoms with Gasteiger partial charge in [-0.2, -0.15) is 0 Å². The van der Waals surface area contributed by atoms with Crippen LogP contribution < -0.4 is 0 Å². The zero-order valence-corrected chi connectivity index (χ0v) is 13.0. The van der Waals surface area contributed by atoms with Crippen LogP contribution in [0.5, 0.6) is 0 Å². The number of carbonyl (C=O) groups excluding carboxylic acids is 1. The van der Waals surface area contributed by atoms with Crippen LogP contribution in [0.3, 0.4) is 0 Å². The summed E-state index contributed by atoms with van der Waals surface area (Å²) in [5, 5.41) is 0. The van der Waals surface area contributed by atoms with Gasteiger partial charge in [0.1, 0.15) is 5.78 Å². The molecule has 1 heteroatoms. The number of hydrogen-bond donors (Lipinski definition) is 0. The third-order valence-electron chi connectivity index (χ3n) is 7.66. The Labute approximate surface area is 123 Å². The van der Waals surface area contributed by atoms with E-state index in [4.69, 9.17) is 0 Å². The maximum absolute atomic E-state index is 13.0. The van der Waals surface area contributed by atoms with E-state index in [1.165, 1.54) is 38.5 Å². The quantitative estimate of drug-likeness (QED) is 0.581. The molecule has 0 bridgehead atoms. The lowest BCUT2D eigenvalue weighted by Gasteiger charge is -2.58. The second-order valence-electron chi connectivity index (χ2n) is 8.63. The molecule has 3 saturated carbocycles. The average molecular weight is 272 g/mol. The molecule has 0 heterocycles. The van der Waals surface area contributed by atoms with Crippen LogP contribution >= 0.6 is 0 Å². The van der Waals surface area contributed by atoms with Crippen LogP contribution in [0.2, 0.25) is 0 Å². The molecule has 0 aliphatic heterocycles.